The number of carbonyl (C=O) groups excluding carboxylic acids is 2. The van der Waals surface area contributed by atoms with E-state index in [1.165, 1.54) is 12.1 Å². The van der Waals surface area contributed by atoms with Crippen LogP contribution in [-0.2, 0) is 14.3 Å². The number of amides is 1. The lowest BCUT2D eigenvalue weighted by Gasteiger charge is -2.39. The number of hydrogen-bond acceptors (Lipinski definition) is 4. The van der Waals surface area contributed by atoms with E-state index in [0.717, 1.165) is 37.8 Å². The number of piperazine rings is 1. The molecule has 3 aliphatic rings. The van der Waals surface area contributed by atoms with Gasteiger partial charge in [-0.05, 0) is 56.9 Å². The second kappa shape index (κ2) is 6.98. The van der Waals surface area contributed by atoms with Crippen LogP contribution in [0.2, 0.25) is 0 Å². The van der Waals surface area contributed by atoms with E-state index in [2.05, 4.69) is 4.90 Å². The second-order valence-electron chi connectivity index (χ2n) is 7.70. The average Bonchev–Trinajstić information content (AvgIpc) is 2.92. The van der Waals surface area contributed by atoms with E-state index in [1.807, 2.05) is 4.90 Å². The molecule has 6 heteroatoms. The monoisotopic (exact) mass is 372 g/mol. The Hall–Kier alpha value is -2.37. The smallest absolute Gasteiger partial charge is 0.335 e. The van der Waals surface area contributed by atoms with Crippen LogP contribution >= 0.6 is 0 Å². The average molecular weight is 372 g/mol. The number of nitrogens with zero attached hydrogens (tertiary/aromatic N) is 2. The Bertz CT molecular complexity index is 773. The predicted octanol–water partition coefficient (Wildman–Crippen LogP) is 3.05. The highest BCUT2D eigenvalue weighted by molar-refractivity contribution is 6.07. The van der Waals surface area contributed by atoms with E-state index in [0.29, 0.717) is 37.3 Å². The Morgan fingerprint density at radius 2 is 1.67 bits per heavy atom. The molecule has 1 aliphatic carbocycles. The molecular weight excluding hydrogens is 347 g/mol. The number of halogens is 1. The van der Waals surface area contributed by atoms with Gasteiger partial charge in [-0.2, -0.15) is 0 Å². The lowest BCUT2D eigenvalue weighted by molar-refractivity contribution is -0.150. The molecule has 27 heavy (non-hydrogen) atoms. The number of rotatable bonds is 2. The normalized spacial score (nSPS) is 22.4. The van der Waals surface area contributed by atoms with Crippen molar-refractivity contribution in [1.29, 1.82) is 0 Å². The molecule has 4 rings (SSSR count). The van der Waals surface area contributed by atoms with Gasteiger partial charge in [0.1, 0.15) is 11.4 Å². The van der Waals surface area contributed by atoms with Crippen molar-refractivity contribution in [3.63, 3.8) is 0 Å². The van der Waals surface area contributed by atoms with Gasteiger partial charge < -0.3 is 14.5 Å². The van der Waals surface area contributed by atoms with Gasteiger partial charge in [-0.15, -0.1) is 0 Å². The zero-order valence-corrected chi connectivity index (χ0v) is 15.7. The van der Waals surface area contributed by atoms with E-state index in [9.17, 15) is 14.0 Å². The number of ether oxygens (including phenoxy) is 1. The summed E-state index contributed by atoms with van der Waals surface area (Å²) >= 11 is 0. The first kappa shape index (κ1) is 18.0. The molecule has 0 unspecified atom stereocenters. The van der Waals surface area contributed by atoms with Gasteiger partial charge in [-0.3, -0.25) is 4.79 Å². The third-order valence-electron chi connectivity index (χ3n) is 6.06. The fourth-order valence-corrected chi connectivity index (χ4v) is 4.56. The maximum absolute atomic E-state index is 13.3. The lowest BCUT2D eigenvalue weighted by Crippen LogP contribution is -2.51. The molecule has 1 amide bonds. The summed E-state index contributed by atoms with van der Waals surface area (Å²) in [4.78, 5) is 29.5. The van der Waals surface area contributed by atoms with E-state index in [-0.39, 0.29) is 17.7 Å². The fraction of sp³-hybridized carbons (Fsp3) is 0.524. The van der Waals surface area contributed by atoms with E-state index in [1.54, 1.807) is 19.1 Å². The maximum atomic E-state index is 13.3. The van der Waals surface area contributed by atoms with Crippen LogP contribution in [-0.4, -0.2) is 48.6 Å². The van der Waals surface area contributed by atoms with Gasteiger partial charge in [0.05, 0.1) is 5.57 Å². The molecule has 0 radical (unpaired) electrons. The number of esters is 1. The molecule has 1 aromatic rings. The number of benzene rings is 1. The molecule has 0 atom stereocenters. The van der Waals surface area contributed by atoms with Crippen LogP contribution in [0.5, 0.6) is 0 Å². The summed E-state index contributed by atoms with van der Waals surface area (Å²) in [6.07, 6.45) is 4.57. The standard InChI is InChI=1S/C21H25FN2O3/c1-15-18(21(27-20(15)26)9-3-2-4-10-21)19(25)24-13-11-23(12-14-24)17-7-5-16(22)6-8-17/h5-8H,2-4,9-14H2,1H3. The minimum Gasteiger partial charge on any atom is -0.451 e. The lowest BCUT2D eigenvalue weighted by atomic mass is 9.78. The Morgan fingerprint density at radius 1 is 1.04 bits per heavy atom. The van der Waals surface area contributed by atoms with Crippen LogP contribution < -0.4 is 4.90 Å². The van der Waals surface area contributed by atoms with Crippen LogP contribution in [0.1, 0.15) is 39.0 Å². The maximum Gasteiger partial charge on any atom is 0.335 e. The number of hydrogen-bond donors (Lipinski definition) is 0. The molecule has 1 spiro atoms. The van der Waals surface area contributed by atoms with Crippen LogP contribution in [0, 0.1) is 5.82 Å². The number of anilines is 1. The van der Waals surface area contributed by atoms with Gasteiger partial charge in [0.15, 0.2) is 0 Å². The molecule has 2 heterocycles. The molecule has 144 valence electrons. The Labute approximate surface area is 158 Å². The first-order valence-corrected chi connectivity index (χ1v) is 9.75. The topological polar surface area (TPSA) is 49.9 Å². The van der Waals surface area contributed by atoms with Crippen LogP contribution in [0.4, 0.5) is 10.1 Å². The molecule has 2 fully saturated rings. The highest BCUT2D eigenvalue weighted by Gasteiger charge is 2.50. The van der Waals surface area contributed by atoms with E-state index < -0.39 is 5.60 Å². The van der Waals surface area contributed by atoms with Crippen molar-refractivity contribution < 1.29 is 18.7 Å². The Kier molecular flexibility index (Phi) is 4.66. The Balaban J connectivity index is 1.48. The van der Waals surface area contributed by atoms with Gasteiger partial charge in [0.25, 0.3) is 5.91 Å². The van der Waals surface area contributed by atoms with Crippen molar-refractivity contribution in [1.82, 2.24) is 4.90 Å². The van der Waals surface area contributed by atoms with Gasteiger partial charge in [0.2, 0.25) is 0 Å². The quantitative estimate of drug-likeness (QED) is 0.749. The SMILES string of the molecule is CC1=C(C(=O)N2CCN(c3ccc(F)cc3)CC2)C2(CCCCC2)OC1=O. The van der Waals surface area contributed by atoms with Gasteiger partial charge in [-0.25, -0.2) is 9.18 Å². The summed E-state index contributed by atoms with van der Waals surface area (Å²) in [6.45, 7) is 4.25. The zero-order valence-electron chi connectivity index (χ0n) is 15.7. The second-order valence-corrected chi connectivity index (χ2v) is 7.70. The summed E-state index contributed by atoms with van der Waals surface area (Å²) in [7, 11) is 0. The molecule has 1 saturated carbocycles. The number of carbonyl (C=O) groups is 2. The molecule has 1 aromatic carbocycles. The molecule has 0 aromatic heterocycles. The van der Waals surface area contributed by atoms with Crippen molar-refractivity contribution >= 4 is 17.6 Å². The summed E-state index contributed by atoms with van der Waals surface area (Å²) < 4.78 is 18.8. The minimum absolute atomic E-state index is 0.0565. The fourth-order valence-electron chi connectivity index (χ4n) is 4.56. The molecule has 5 nitrogen and oxygen atoms in total. The zero-order chi connectivity index (χ0) is 19.0. The van der Waals surface area contributed by atoms with Gasteiger partial charge >= 0.3 is 5.97 Å². The molecular formula is C21H25FN2O3. The van der Waals surface area contributed by atoms with Crippen molar-refractivity contribution in [3.8, 4) is 0 Å². The highest BCUT2D eigenvalue weighted by Crippen LogP contribution is 2.44. The summed E-state index contributed by atoms with van der Waals surface area (Å²) in [5.74, 6) is -0.650. The van der Waals surface area contributed by atoms with Gasteiger partial charge in [0, 0.05) is 37.4 Å². The van der Waals surface area contributed by atoms with Crippen LogP contribution in [0.15, 0.2) is 35.4 Å². The summed E-state index contributed by atoms with van der Waals surface area (Å²) in [6, 6.07) is 6.44. The van der Waals surface area contributed by atoms with Gasteiger partial charge in [-0.1, -0.05) is 6.42 Å². The first-order valence-electron chi connectivity index (χ1n) is 9.75. The summed E-state index contributed by atoms with van der Waals surface area (Å²) in [5.41, 5.74) is 1.32. The third kappa shape index (κ3) is 3.22. The van der Waals surface area contributed by atoms with E-state index >= 15 is 0 Å². The Morgan fingerprint density at radius 3 is 2.30 bits per heavy atom. The van der Waals surface area contributed by atoms with Crippen molar-refractivity contribution in [2.45, 2.75) is 44.6 Å². The molecule has 1 saturated heterocycles. The van der Waals surface area contributed by atoms with Crippen molar-refractivity contribution in [2.75, 3.05) is 31.1 Å². The minimum atomic E-state index is -0.704. The molecule has 0 N–H and O–H groups in total. The summed E-state index contributed by atoms with van der Waals surface area (Å²) in [5, 5.41) is 0. The van der Waals surface area contributed by atoms with Crippen molar-refractivity contribution in [2.24, 2.45) is 0 Å². The first-order chi connectivity index (χ1) is 13.0. The van der Waals surface area contributed by atoms with Crippen molar-refractivity contribution in [3.05, 3.63) is 41.2 Å². The van der Waals surface area contributed by atoms with E-state index in [4.69, 9.17) is 4.74 Å². The molecule has 2 aliphatic heterocycles. The third-order valence-corrected chi connectivity index (χ3v) is 6.06. The highest BCUT2D eigenvalue weighted by atomic mass is 19.1. The van der Waals surface area contributed by atoms with Crippen LogP contribution in [0.25, 0.3) is 0 Å². The predicted molar refractivity (Wildman–Crippen MR) is 99.8 cm³/mol. The largest absolute Gasteiger partial charge is 0.451 e. The van der Waals surface area contributed by atoms with Crippen LogP contribution in [0.3, 0.4) is 0 Å². The molecule has 0 bridgehead atoms.